The Morgan fingerprint density at radius 2 is 1.37 bits per heavy atom. The summed E-state index contributed by atoms with van der Waals surface area (Å²) in [7, 11) is -3.34. The normalized spacial score (nSPS) is 12.0. The van der Waals surface area contributed by atoms with Gasteiger partial charge >= 0.3 is 0 Å². The van der Waals surface area contributed by atoms with Crippen LogP contribution in [0.15, 0.2) is 66.7 Å². The maximum atomic E-state index is 12.3. The fraction of sp³-hybridized carbons (Fsp3) is 0.273. The molecule has 27 heavy (non-hydrogen) atoms. The molecule has 2 N–H and O–H groups in total. The average Bonchev–Trinajstić information content (AvgIpc) is 2.62. The maximum Gasteiger partial charge on any atom is 0.216 e. The minimum Gasteiger partial charge on any atom is -0.309 e. The molecule has 0 amide bonds. The second-order valence-corrected chi connectivity index (χ2v) is 8.80. The van der Waals surface area contributed by atoms with Gasteiger partial charge < -0.3 is 5.32 Å². The minimum absolute atomic E-state index is 0.00268. The largest absolute Gasteiger partial charge is 0.309 e. The van der Waals surface area contributed by atoms with E-state index in [2.05, 4.69) is 40.4 Å². The zero-order chi connectivity index (χ0) is 19.3. The molecule has 0 spiro atoms. The van der Waals surface area contributed by atoms with Crippen LogP contribution in [0.1, 0.15) is 30.5 Å². The van der Waals surface area contributed by atoms with Crippen molar-refractivity contribution in [2.24, 2.45) is 0 Å². The lowest BCUT2D eigenvalue weighted by molar-refractivity contribution is 0.568. The summed E-state index contributed by atoms with van der Waals surface area (Å²) in [6.45, 7) is 5.01. The van der Waals surface area contributed by atoms with Crippen LogP contribution in [0.4, 0.5) is 0 Å². The van der Waals surface area contributed by atoms with Gasteiger partial charge in [-0.2, -0.15) is 0 Å². The van der Waals surface area contributed by atoms with Crippen LogP contribution in [0.25, 0.3) is 10.8 Å². The molecule has 3 aromatic rings. The van der Waals surface area contributed by atoms with Crippen LogP contribution in [-0.4, -0.2) is 14.5 Å². The summed E-state index contributed by atoms with van der Waals surface area (Å²) in [5, 5.41) is 5.93. The average molecular weight is 383 g/mol. The molecule has 0 unspecified atom stereocenters. The minimum atomic E-state index is -3.34. The molecule has 4 nitrogen and oxygen atoms in total. The molecule has 0 saturated carbocycles. The van der Waals surface area contributed by atoms with Crippen molar-refractivity contribution in [1.82, 2.24) is 10.0 Å². The highest BCUT2D eigenvalue weighted by Gasteiger charge is 2.15. The monoisotopic (exact) mass is 382 g/mol. The van der Waals surface area contributed by atoms with Crippen LogP contribution in [0, 0.1) is 0 Å². The molecule has 3 rings (SSSR count). The van der Waals surface area contributed by atoms with E-state index in [9.17, 15) is 8.42 Å². The molecule has 0 fully saturated rings. The number of sulfonamides is 1. The smallest absolute Gasteiger partial charge is 0.216 e. The first-order valence-electron chi connectivity index (χ1n) is 9.19. The summed E-state index contributed by atoms with van der Waals surface area (Å²) in [6, 6.07) is 22.2. The van der Waals surface area contributed by atoms with Crippen LogP contribution >= 0.6 is 0 Å². The van der Waals surface area contributed by atoms with Gasteiger partial charge in [-0.3, -0.25) is 0 Å². The van der Waals surface area contributed by atoms with Gasteiger partial charge in [0.15, 0.2) is 0 Å². The first-order chi connectivity index (χ1) is 12.9. The highest BCUT2D eigenvalue weighted by Crippen LogP contribution is 2.19. The third-order valence-electron chi connectivity index (χ3n) is 4.39. The van der Waals surface area contributed by atoms with E-state index in [1.807, 2.05) is 50.2 Å². The van der Waals surface area contributed by atoms with Crippen LogP contribution < -0.4 is 10.0 Å². The van der Waals surface area contributed by atoms with E-state index in [1.165, 1.54) is 16.3 Å². The van der Waals surface area contributed by atoms with Gasteiger partial charge in [-0.15, -0.1) is 0 Å². The molecular weight excluding hydrogens is 356 g/mol. The molecule has 0 aliphatic heterocycles. The molecule has 0 bridgehead atoms. The predicted molar refractivity (Wildman–Crippen MR) is 112 cm³/mol. The Labute approximate surface area is 161 Å². The standard InChI is InChI=1S/C22H26N2O2S/c1-17(2)24-27(25,26)16-21-10-4-3-9-19(21)14-23-15-20-12-7-11-18-8-5-6-13-22(18)20/h3-13,17,23-24H,14-16H2,1-2H3. The number of rotatable bonds is 8. The van der Waals surface area contributed by atoms with Gasteiger partial charge in [-0.05, 0) is 41.3 Å². The molecule has 0 radical (unpaired) electrons. The van der Waals surface area contributed by atoms with Crippen molar-refractivity contribution in [3.05, 3.63) is 83.4 Å². The summed E-state index contributed by atoms with van der Waals surface area (Å²) in [5.74, 6) is -0.00268. The molecule has 5 heteroatoms. The summed E-state index contributed by atoms with van der Waals surface area (Å²) in [4.78, 5) is 0. The first-order valence-corrected chi connectivity index (χ1v) is 10.8. The highest BCUT2D eigenvalue weighted by atomic mass is 32.2. The van der Waals surface area contributed by atoms with Crippen LogP contribution in [0.3, 0.4) is 0 Å². The topological polar surface area (TPSA) is 58.2 Å². The SMILES string of the molecule is CC(C)NS(=O)(=O)Cc1ccccc1CNCc1cccc2ccccc12. The molecule has 0 atom stereocenters. The third-order valence-corrected chi connectivity index (χ3v) is 5.91. The summed E-state index contributed by atoms with van der Waals surface area (Å²) >= 11 is 0. The Bertz CT molecular complexity index is 1010. The number of benzene rings is 3. The van der Waals surface area contributed by atoms with Gasteiger partial charge in [0.2, 0.25) is 10.0 Å². The van der Waals surface area contributed by atoms with Gasteiger partial charge in [0.05, 0.1) is 5.75 Å². The Morgan fingerprint density at radius 1 is 0.778 bits per heavy atom. The molecule has 3 aromatic carbocycles. The van der Waals surface area contributed by atoms with Crippen LogP contribution in [0.2, 0.25) is 0 Å². The molecule has 0 aliphatic rings. The van der Waals surface area contributed by atoms with Crippen molar-refractivity contribution in [2.45, 2.75) is 38.7 Å². The number of hydrogen-bond donors (Lipinski definition) is 2. The molecular formula is C22H26N2O2S. The van der Waals surface area contributed by atoms with Crippen molar-refractivity contribution >= 4 is 20.8 Å². The highest BCUT2D eigenvalue weighted by molar-refractivity contribution is 7.88. The third kappa shape index (κ3) is 5.39. The van der Waals surface area contributed by atoms with Crippen molar-refractivity contribution in [2.75, 3.05) is 0 Å². The van der Waals surface area contributed by atoms with E-state index < -0.39 is 10.0 Å². The van der Waals surface area contributed by atoms with Gasteiger partial charge in [0.1, 0.15) is 0 Å². The molecule has 0 aliphatic carbocycles. The van der Waals surface area contributed by atoms with Gasteiger partial charge in [0, 0.05) is 19.1 Å². The van der Waals surface area contributed by atoms with E-state index >= 15 is 0 Å². The second kappa shape index (κ2) is 8.65. The van der Waals surface area contributed by atoms with Crippen molar-refractivity contribution in [3.63, 3.8) is 0 Å². The predicted octanol–water partition coefficient (Wildman–Crippen LogP) is 3.96. The van der Waals surface area contributed by atoms with Gasteiger partial charge in [0.25, 0.3) is 0 Å². The summed E-state index contributed by atoms with van der Waals surface area (Å²) < 4.78 is 27.2. The summed E-state index contributed by atoms with van der Waals surface area (Å²) in [6.07, 6.45) is 0. The fourth-order valence-electron chi connectivity index (χ4n) is 3.25. The van der Waals surface area contributed by atoms with Crippen molar-refractivity contribution < 1.29 is 8.42 Å². The van der Waals surface area contributed by atoms with Crippen molar-refractivity contribution in [1.29, 1.82) is 0 Å². The zero-order valence-electron chi connectivity index (χ0n) is 15.8. The van der Waals surface area contributed by atoms with Crippen LogP contribution in [-0.2, 0) is 28.9 Å². The molecule has 0 aromatic heterocycles. The molecule has 0 heterocycles. The number of nitrogens with one attached hydrogen (secondary N) is 2. The van der Waals surface area contributed by atoms with Gasteiger partial charge in [-0.1, -0.05) is 66.7 Å². The van der Waals surface area contributed by atoms with Gasteiger partial charge in [-0.25, -0.2) is 13.1 Å². The molecule has 142 valence electrons. The zero-order valence-corrected chi connectivity index (χ0v) is 16.6. The number of hydrogen-bond acceptors (Lipinski definition) is 3. The fourth-order valence-corrected chi connectivity index (χ4v) is 4.75. The maximum absolute atomic E-state index is 12.3. The summed E-state index contributed by atoms with van der Waals surface area (Å²) in [5.41, 5.74) is 3.07. The van der Waals surface area contributed by atoms with E-state index in [4.69, 9.17) is 0 Å². The quantitative estimate of drug-likeness (QED) is 0.620. The van der Waals surface area contributed by atoms with E-state index in [-0.39, 0.29) is 11.8 Å². The Morgan fingerprint density at radius 3 is 2.15 bits per heavy atom. The lowest BCUT2D eigenvalue weighted by Crippen LogP contribution is -2.31. The lowest BCUT2D eigenvalue weighted by Gasteiger charge is -2.14. The first kappa shape index (κ1) is 19.5. The van der Waals surface area contributed by atoms with Crippen LogP contribution in [0.5, 0.6) is 0 Å². The Kier molecular flexibility index (Phi) is 6.26. The number of fused-ring (bicyclic) bond motifs is 1. The molecule has 0 saturated heterocycles. The second-order valence-electron chi connectivity index (χ2n) is 7.04. The van der Waals surface area contributed by atoms with E-state index in [0.29, 0.717) is 6.54 Å². The lowest BCUT2D eigenvalue weighted by atomic mass is 10.0. The van der Waals surface area contributed by atoms with E-state index in [1.54, 1.807) is 0 Å². The Balaban J connectivity index is 1.70. The van der Waals surface area contributed by atoms with E-state index in [0.717, 1.165) is 17.7 Å². The van der Waals surface area contributed by atoms with Crippen molar-refractivity contribution in [3.8, 4) is 0 Å². The Hall–Kier alpha value is -2.21.